The molecule has 21 heavy (non-hydrogen) atoms. The summed E-state index contributed by atoms with van der Waals surface area (Å²) in [4.78, 5) is 16.7. The number of amides is 1. The number of carbonyl (C=O) groups is 1. The molecule has 2 saturated heterocycles. The van der Waals surface area contributed by atoms with Crippen LogP contribution in [0.3, 0.4) is 0 Å². The topological polar surface area (TPSA) is 44.8 Å². The lowest BCUT2D eigenvalue weighted by atomic mass is 9.92. The highest BCUT2D eigenvalue weighted by atomic mass is 16.5. The van der Waals surface area contributed by atoms with Crippen LogP contribution in [0.2, 0.25) is 0 Å². The lowest BCUT2D eigenvalue weighted by Gasteiger charge is -2.41. The Bertz CT molecular complexity index is 331. The third kappa shape index (κ3) is 4.66. The maximum absolute atomic E-state index is 12.3. The van der Waals surface area contributed by atoms with Crippen molar-refractivity contribution in [1.82, 2.24) is 15.1 Å². The maximum Gasteiger partial charge on any atom is 0.236 e. The number of piperidine rings is 1. The van der Waals surface area contributed by atoms with E-state index in [1.807, 2.05) is 11.9 Å². The Morgan fingerprint density at radius 1 is 1.43 bits per heavy atom. The van der Waals surface area contributed by atoms with E-state index in [2.05, 4.69) is 24.1 Å². The molecule has 0 bridgehead atoms. The molecule has 5 heteroatoms. The summed E-state index contributed by atoms with van der Waals surface area (Å²) in [6.07, 6.45) is 3.65. The Morgan fingerprint density at radius 2 is 2.24 bits per heavy atom. The average molecular weight is 297 g/mol. The van der Waals surface area contributed by atoms with Gasteiger partial charge in [0.15, 0.2) is 0 Å². The zero-order valence-electron chi connectivity index (χ0n) is 13.8. The van der Waals surface area contributed by atoms with E-state index in [1.165, 1.54) is 0 Å². The van der Waals surface area contributed by atoms with Gasteiger partial charge in [0.25, 0.3) is 0 Å². The van der Waals surface area contributed by atoms with Crippen molar-refractivity contribution in [1.29, 1.82) is 0 Å². The first kappa shape index (κ1) is 16.7. The van der Waals surface area contributed by atoms with Gasteiger partial charge in [0, 0.05) is 39.3 Å². The van der Waals surface area contributed by atoms with Gasteiger partial charge in [-0.1, -0.05) is 13.8 Å². The lowest BCUT2D eigenvalue weighted by molar-refractivity contribution is -0.133. The molecule has 0 aromatic heterocycles. The van der Waals surface area contributed by atoms with Crippen LogP contribution < -0.4 is 5.32 Å². The molecule has 0 aliphatic carbocycles. The lowest BCUT2D eigenvalue weighted by Crippen LogP contribution is -2.52. The van der Waals surface area contributed by atoms with E-state index < -0.39 is 0 Å². The predicted octanol–water partition coefficient (Wildman–Crippen LogP) is 0.944. The van der Waals surface area contributed by atoms with Gasteiger partial charge in [-0.25, -0.2) is 0 Å². The van der Waals surface area contributed by atoms with Gasteiger partial charge in [-0.15, -0.1) is 0 Å². The van der Waals surface area contributed by atoms with Crippen molar-refractivity contribution in [2.75, 3.05) is 46.4 Å². The minimum absolute atomic E-state index is 0.204. The Kier molecular flexibility index (Phi) is 6.45. The second-order valence-electron chi connectivity index (χ2n) is 6.50. The number of ether oxygens (including phenoxy) is 1. The van der Waals surface area contributed by atoms with E-state index in [-0.39, 0.29) is 5.91 Å². The smallest absolute Gasteiger partial charge is 0.236 e. The van der Waals surface area contributed by atoms with Crippen LogP contribution in [-0.2, 0) is 9.53 Å². The fraction of sp³-hybridized carbons (Fsp3) is 0.938. The monoisotopic (exact) mass is 297 g/mol. The van der Waals surface area contributed by atoms with Crippen LogP contribution in [0.25, 0.3) is 0 Å². The van der Waals surface area contributed by atoms with E-state index >= 15 is 0 Å². The molecule has 0 aromatic rings. The molecule has 3 atom stereocenters. The Morgan fingerprint density at radius 3 is 2.86 bits per heavy atom. The molecule has 3 unspecified atom stereocenters. The minimum Gasteiger partial charge on any atom is -0.377 e. The quantitative estimate of drug-likeness (QED) is 0.793. The standard InChI is InChI=1S/C16H31N3O2/c1-4-19-8-7-15(13(2)12-19)18(3)16(20)11-17-10-14-6-5-9-21-14/h13-15,17H,4-12H2,1-3H3. The van der Waals surface area contributed by atoms with Gasteiger partial charge < -0.3 is 19.9 Å². The van der Waals surface area contributed by atoms with Gasteiger partial charge in [-0.2, -0.15) is 0 Å². The molecule has 122 valence electrons. The molecule has 5 nitrogen and oxygen atoms in total. The zero-order chi connectivity index (χ0) is 15.2. The molecule has 2 heterocycles. The third-order valence-electron chi connectivity index (χ3n) is 4.95. The van der Waals surface area contributed by atoms with Crippen molar-refractivity contribution in [3.05, 3.63) is 0 Å². The first-order valence-electron chi connectivity index (χ1n) is 8.42. The molecule has 2 fully saturated rings. The summed E-state index contributed by atoms with van der Waals surface area (Å²) in [5.41, 5.74) is 0. The normalized spacial score (nSPS) is 30.5. The van der Waals surface area contributed by atoms with E-state index in [0.717, 1.165) is 52.0 Å². The minimum atomic E-state index is 0.204. The van der Waals surface area contributed by atoms with Gasteiger partial charge in [-0.05, 0) is 31.7 Å². The van der Waals surface area contributed by atoms with Crippen LogP contribution >= 0.6 is 0 Å². The van der Waals surface area contributed by atoms with Crippen molar-refractivity contribution < 1.29 is 9.53 Å². The molecular weight excluding hydrogens is 266 g/mol. The third-order valence-corrected chi connectivity index (χ3v) is 4.95. The summed E-state index contributed by atoms with van der Waals surface area (Å²) in [6, 6.07) is 0.379. The number of hydrogen-bond donors (Lipinski definition) is 1. The van der Waals surface area contributed by atoms with Gasteiger partial charge >= 0.3 is 0 Å². The summed E-state index contributed by atoms with van der Waals surface area (Å²) in [5, 5.41) is 3.26. The SMILES string of the molecule is CCN1CCC(N(C)C(=O)CNCC2CCCO2)C(C)C1. The summed E-state index contributed by atoms with van der Waals surface area (Å²) >= 11 is 0. The molecule has 2 aliphatic rings. The van der Waals surface area contributed by atoms with Crippen LogP contribution in [0, 0.1) is 5.92 Å². The summed E-state index contributed by atoms with van der Waals surface area (Å²) in [5.74, 6) is 0.751. The molecule has 2 aliphatic heterocycles. The van der Waals surface area contributed by atoms with Crippen LogP contribution in [0.1, 0.15) is 33.1 Å². The van der Waals surface area contributed by atoms with E-state index in [1.54, 1.807) is 0 Å². The number of nitrogens with one attached hydrogen (secondary N) is 1. The van der Waals surface area contributed by atoms with Crippen molar-refractivity contribution >= 4 is 5.91 Å². The van der Waals surface area contributed by atoms with E-state index in [4.69, 9.17) is 4.74 Å². The van der Waals surface area contributed by atoms with Crippen LogP contribution in [0.4, 0.5) is 0 Å². The first-order chi connectivity index (χ1) is 10.1. The Labute approximate surface area is 129 Å². The number of hydrogen-bond acceptors (Lipinski definition) is 4. The van der Waals surface area contributed by atoms with Gasteiger partial charge in [-0.3, -0.25) is 4.79 Å². The van der Waals surface area contributed by atoms with Crippen LogP contribution in [0.5, 0.6) is 0 Å². The second-order valence-corrected chi connectivity index (χ2v) is 6.50. The molecule has 1 amide bonds. The predicted molar refractivity (Wildman–Crippen MR) is 84.3 cm³/mol. The van der Waals surface area contributed by atoms with Crippen LogP contribution in [-0.4, -0.2) is 74.2 Å². The molecule has 1 N–H and O–H groups in total. The zero-order valence-corrected chi connectivity index (χ0v) is 13.8. The summed E-state index contributed by atoms with van der Waals surface area (Å²) < 4.78 is 5.56. The van der Waals surface area contributed by atoms with E-state index in [0.29, 0.717) is 24.6 Å². The highest BCUT2D eigenvalue weighted by molar-refractivity contribution is 5.78. The Hall–Kier alpha value is -0.650. The number of nitrogens with zero attached hydrogens (tertiary/aromatic N) is 2. The summed E-state index contributed by atoms with van der Waals surface area (Å²) in [7, 11) is 1.96. The molecule has 2 rings (SSSR count). The highest BCUT2D eigenvalue weighted by Crippen LogP contribution is 2.21. The average Bonchev–Trinajstić information content (AvgIpc) is 2.99. The van der Waals surface area contributed by atoms with Crippen molar-refractivity contribution in [3.8, 4) is 0 Å². The maximum atomic E-state index is 12.3. The number of rotatable bonds is 6. The van der Waals surface area contributed by atoms with Gasteiger partial charge in [0.2, 0.25) is 5.91 Å². The fourth-order valence-electron chi connectivity index (χ4n) is 3.54. The van der Waals surface area contributed by atoms with Crippen LogP contribution in [0.15, 0.2) is 0 Å². The number of carbonyl (C=O) groups excluding carboxylic acids is 1. The highest BCUT2D eigenvalue weighted by Gasteiger charge is 2.30. The first-order valence-corrected chi connectivity index (χ1v) is 8.42. The molecular formula is C16H31N3O2. The van der Waals surface area contributed by atoms with Crippen molar-refractivity contribution in [2.45, 2.75) is 45.3 Å². The molecule has 0 radical (unpaired) electrons. The van der Waals surface area contributed by atoms with Crippen molar-refractivity contribution in [2.24, 2.45) is 5.92 Å². The Balaban J connectivity index is 1.71. The van der Waals surface area contributed by atoms with Gasteiger partial charge in [0.1, 0.15) is 0 Å². The largest absolute Gasteiger partial charge is 0.377 e. The van der Waals surface area contributed by atoms with Gasteiger partial charge in [0.05, 0.1) is 12.6 Å². The van der Waals surface area contributed by atoms with E-state index in [9.17, 15) is 4.79 Å². The second kappa shape index (κ2) is 8.11. The molecule has 0 aromatic carbocycles. The molecule has 0 spiro atoms. The fourth-order valence-corrected chi connectivity index (χ4v) is 3.54. The molecule has 0 saturated carbocycles. The number of likely N-dealkylation sites (N-methyl/N-ethyl adjacent to an activating group) is 1. The summed E-state index contributed by atoms with van der Waals surface area (Å²) in [6.45, 7) is 9.87. The van der Waals surface area contributed by atoms with Crippen molar-refractivity contribution in [3.63, 3.8) is 0 Å². The number of likely N-dealkylation sites (tertiary alicyclic amines) is 1.